The number of nitrogens with zero attached hydrogens (tertiary/aromatic N) is 2. The van der Waals surface area contributed by atoms with Gasteiger partial charge in [0.25, 0.3) is 0 Å². The summed E-state index contributed by atoms with van der Waals surface area (Å²) in [4.78, 5) is 18.1. The Kier molecular flexibility index (Phi) is 3.08. The van der Waals surface area contributed by atoms with Crippen LogP contribution in [0.4, 0.5) is 5.13 Å². The summed E-state index contributed by atoms with van der Waals surface area (Å²) in [5, 5.41) is 1.00. The summed E-state index contributed by atoms with van der Waals surface area (Å²) < 4.78 is 0. The lowest BCUT2D eigenvalue weighted by molar-refractivity contribution is 0.112. The number of thiazole rings is 1. The number of aromatic nitrogens is 1. The lowest BCUT2D eigenvalue weighted by atomic mass is 10.4. The smallest absolute Gasteiger partial charge is 0.186 e. The number of aldehydes is 1. The highest BCUT2D eigenvalue weighted by atomic mass is 32.2. The van der Waals surface area contributed by atoms with Gasteiger partial charge in [0.05, 0.1) is 10.6 Å². The summed E-state index contributed by atoms with van der Waals surface area (Å²) in [6.45, 7) is 3.99. The maximum Gasteiger partial charge on any atom is 0.186 e. The Balaban J connectivity index is 2.18. The molecule has 0 radical (unpaired) electrons. The molecule has 2 rings (SSSR count). The minimum atomic E-state index is 0.762. The van der Waals surface area contributed by atoms with Crippen LogP contribution in [0.5, 0.6) is 0 Å². The summed E-state index contributed by atoms with van der Waals surface area (Å²) in [5.74, 6) is 2.32. The standard InChI is InChI=1S/C9H12N2OS2/c1-7-8(6-12)14-9(10-7)11-2-4-13-5-3-11/h6H,2-5H2,1H3. The maximum atomic E-state index is 10.7. The van der Waals surface area contributed by atoms with E-state index in [9.17, 15) is 4.79 Å². The van der Waals surface area contributed by atoms with Gasteiger partial charge in [0.15, 0.2) is 11.4 Å². The van der Waals surface area contributed by atoms with Crippen LogP contribution in [0.25, 0.3) is 0 Å². The molecule has 0 aliphatic carbocycles. The van der Waals surface area contributed by atoms with E-state index in [2.05, 4.69) is 9.88 Å². The van der Waals surface area contributed by atoms with E-state index in [4.69, 9.17) is 0 Å². The minimum Gasteiger partial charge on any atom is -0.346 e. The van der Waals surface area contributed by atoms with Gasteiger partial charge in [-0.1, -0.05) is 11.3 Å². The van der Waals surface area contributed by atoms with E-state index in [1.165, 1.54) is 11.3 Å². The third-order valence-electron chi connectivity index (χ3n) is 2.21. The Morgan fingerprint density at radius 2 is 2.14 bits per heavy atom. The lowest BCUT2D eigenvalue weighted by Crippen LogP contribution is -2.32. The van der Waals surface area contributed by atoms with Crippen LogP contribution in [0.1, 0.15) is 15.4 Å². The predicted octanol–water partition coefficient (Wildman–Crippen LogP) is 1.82. The number of anilines is 1. The summed E-state index contributed by atoms with van der Waals surface area (Å²) in [6, 6.07) is 0. The minimum absolute atomic E-state index is 0.762. The van der Waals surface area contributed by atoms with Gasteiger partial charge in [-0.2, -0.15) is 11.8 Å². The monoisotopic (exact) mass is 228 g/mol. The fourth-order valence-corrected chi connectivity index (χ4v) is 3.23. The van der Waals surface area contributed by atoms with Gasteiger partial charge < -0.3 is 4.90 Å². The van der Waals surface area contributed by atoms with Crippen molar-refractivity contribution in [1.82, 2.24) is 4.98 Å². The Morgan fingerprint density at radius 1 is 1.43 bits per heavy atom. The highest BCUT2D eigenvalue weighted by molar-refractivity contribution is 7.99. The first-order valence-corrected chi connectivity index (χ1v) is 6.53. The molecule has 0 bridgehead atoms. The number of hydrogen-bond acceptors (Lipinski definition) is 5. The third kappa shape index (κ3) is 1.93. The molecule has 0 N–H and O–H groups in total. The van der Waals surface area contributed by atoms with Crippen LogP contribution in [0, 0.1) is 6.92 Å². The van der Waals surface area contributed by atoms with Crippen LogP contribution < -0.4 is 4.90 Å². The van der Waals surface area contributed by atoms with Crippen molar-refractivity contribution in [2.24, 2.45) is 0 Å². The molecule has 1 aliphatic rings. The molecule has 14 heavy (non-hydrogen) atoms. The van der Waals surface area contributed by atoms with Crippen LogP contribution >= 0.6 is 23.1 Å². The van der Waals surface area contributed by atoms with Crippen molar-refractivity contribution in [3.63, 3.8) is 0 Å². The fourth-order valence-electron chi connectivity index (χ4n) is 1.39. The molecule has 76 valence electrons. The van der Waals surface area contributed by atoms with E-state index in [-0.39, 0.29) is 0 Å². The van der Waals surface area contributed by atoms with E-state index in [0.29, 0.717) is 0 Å². The molecule has 3 nitrogen and oxygen atoms in total. The number of carbonyl (C=O) groups is 1. The SMILES string of the molecule is Cc1nc(N2CCSCC2)sc1C=O. The Morgan fingerprint density at radius 3 is 2.71 bits per heavy atom. The molecule has 0 atom stereocenters. The van der Waals surface area contributed by atoms with Gasteiger partial charge in [0.1, 0.15) is 0 Å². The second-order valence-corrected chi connectivity index (χ2v) is 5.40. The zero-order valence-corrected chi connectivity index (χ0v) is 9.66. The van der Waals surface area contributed by atoms with E-state index < -0.39 is 0 Å². The molecule has 0 amide bonds. The topological polar surface area (TPSA) is 33.2 Å². The number of aryl methyl sites for hydroxylation is 1. The summed E-state index contributed by atoms with van der Waals surface area (Å²) >= 11 is 3.48. The molecule has 0 unspecified atom stereocenters. The first-order valence-electron chi connectivity index (χ1n) is 4.56. The third-order valence-corrected chi connectivity index (χ3v) is 4.30. The summed E-state index contributed by atoms with van der Waals surface area (Å²) in [6.07, 6.45) is 0.898. The van der Waals surface area contributed by atoms with Crippen molar-refractivity contribution in [3.05, 3.63) is 10.6 Å². The highest BCUT2D eigenvalue weighted by Gasteiger charge is 2.16. The fraction of sp³-hybridized carbons (Fsp3) is 0.556. The van der Waals surface area contributed by atoms with Crippen LogP contribution in [0.15, 0.2) is 0 Å². The molecule has 0 saturated carbocycles. The van der Waals surface area contributed by atoms with Gasteiger partial charge in [-0.05, 0) is 6.92 Å². The van der Waals surface area contributed by atoms with Crippen LogP contribution in [-0.4, -0.2) is 35.9 Å². The molecule has 1 saturated heterocycles. The molecule has 0 spiro atoms. The number of hydrogen-bond donors (Lipinski definition) is 0. The molecule has 5 heteroatoms. The summed E-state index contributed by atoms with van der Waals surface area (Å²) in [5.41, 5.74) is 0.859. The molecular formula is C9H12N2OS2. The molecule has 2 heterocycles. The van der Waals surface area contributed by atoms with Gasteiger partial charge in [-0.25, -0.2) is 4.98 Å². The lowest BCUT2D eigenvalue weighted by Gasteiger charge is -2.25. The summed E-state index contributed by atoms with van der Waals surface area (Å²) in [7, 11) is 0. The van der Waals surface area contributed by atoms with Gasteiger partial charge in [0, 0.05) is 24.6 Å². The normalized spacial score (nSPS) is 17.1. The Bertz CT molecular complexity index is 332. The molecule has 1 aromatic heterocycles. The van der Waals surface area contributed by atoms with Crippen LogP contribution in [0.2, 0.25) is 0 Å². The molecule has 1 aliphatic heterocycles. The van der Waals surface area contributed by atoms with Gasteiger partial charge in [-0.3, -0.25) is 4.79 Å². The first kappa shape index (κ1) is 9.98. The zero-order chi connectivity index (χ0) is 9.97. The molecule has 0 aromatic carbocycles. The number of carbonyl (C=O) groups excluding carboxylic acids is 1. The van der Waals surface area contributed by atoms with Crippen molar-refractivity contribution in [2.75, 3.05) is 29.5 Å². The number of rotatable bonds is 2. The van der Waals surface area contributed by atoms with Crippen molar-refractivity contribution >= 4 is 34.5 Å². The molecule has 1 aromatic rings. The second kappa shape index (κ2) is 4.31. The maximum absolute atomic E-state index is 10.7. The van der Waals surface area contributed by atoms with E-state index >= 15 is 0 Å². The molecule has 1 fully saturated rings. The van der Waals surface area contributed by atoms with Crippen molar-refractivity contribution in [3.8, 4) is 0 Å². The van der Waals surface area contributed by atoms with Crippen molar-refractivity contribution in [1.29, 1.82) is 0 Å². The van der Waals surface area contributed by atoms with Crippen LogP contribution in [0.3, 0.4) is 0 Å². The van der Waals surface area contributed by atoms with E-state index in [1.807, 2.05) is 18.7 Å². The van der Waals surface area contributed by atoms with Crippen molar-refractivity contribution in [2.45, 2.75) is 6.92 Å². The van der Waals surface area contributed by atoms with Crippen molar-refractivity contribution < 1.29 is 4.79 Å². The molecular weight excluding hydrogens is 216 g/mol. The number of thioether (sulfide) groups is 1. The Hall–Kier alpha value is -0.550. The van der Waals surface area contributed by atoms with Gasteiger partial charge in [-0.15, -0.1) is 0 Å². The largest absolute Gasteiger partial charge is 0.346 e. The predicted molar refractivity (Wildman–Crippen MR) is 61.8 cm³/mol. The Labute approximate surface area is 91.5 Å². The van der Waals surface area contributed by atoms with Crippen LogP contribution in [-0.2, 0) is 0 Å². The quantitative estimate of drug-likeness (QED) is 0.723. The van der Waals surface area contributed by atoms with Gasteiger partial charge >= 0.3 is 0 Å². The first-order chi connectivity index (χ1) is 6.81. The zero-order valence-electron chi connectivity index (χ0n) is 8.02. The van der Waals surface area contributed by atoms with E-state index in [1.54, 1.807) is 0 Å². The average molecular weight is 228 g/mol. The van der Waals surface area contributed by atoms with Gasteiger partial charge in [0.2, 0.25) is 0 Å². The highest BCUT2D eigenvalue weighted by Crippen LogP contribution is 2.26. The second-order valence-electron chi connectivity index (χ2n) is 3.16. The van der Waals surface area contributed by atoms with E-state index in [0.717, 1.165) is 46.6 Å². The average Bonchev–Trinajstić information content (AvgIpc) is 2.61.